The van der Waals surface area contributed by atoms with Gasteiger partial charge in [0.2, 0.25) is 0 Å². The summed E-state index contributed by atoms with van der Waals surface area (Å²) in [5.74, 6) is 0.255. The van der Waals surface area contributed by atoms with Crippen LogP contribution < -0.4 is 5.32 Å². The fourth-order valence-electron chi connectivity index (χ4n) is 3.55. The summed E-state index contributed by atoms with van der Waals surface area (Å²) in [7, 11) is 1.68. The lowest BCUT2D eigenvalue weighted by atomic mass is 9.91. The fourth-order valence-corrected chi connectivity index (χ4v) is 3.55. The lowest BCUT2D eigenvalue weighted by molar-refractivity contribution is 0.181. The first kappa shape index (κ1) is 14.0. The van der Waals surface area contributed by atoms with Gasteiger partial charge >= 0.3 is 6.03 Å². The number of likely N-dealkylation sites (tertiary alicyclic amines) is 1. The number of aromatic amines is 1. The number of carbonyl (C=O) groups is 1. The number of H-pyrrole nitrogens is 1. The SMILES string of the molecule is CNC(=O)N1CCCC(c2nccc3cnc4[nH]ccc4c23)C1. The third-order valence-electron chi connectivity index (χ3n) is 4.65. The first-order valence-electron chi connectivity index (χ1n) is 7.95. The number of hydrogen-bond acceptors (Lipinski definition) is 3. The topological polar surface area (TPSA) is 73.9 Å². The highest BCUT2D eigenvalue weighted by molar-refractivity contribution is 6.05. The van der Waals surface area contributed by atoms with Gasteiger partial charge in [0, 0.05) is 60.8 Å². The van der Waals surface area contributed by atoms with Crippen LogP contribution in [0.3, 0.4) is 0 Å². The molecule has 2 amide bonds. The molecule has 6 nitrogen and oxygen atoms in total. The van der Waals surface area contributed by atoms with Gasteiger partial charge in [0.05, 0.1) is 5.69 Å². The molecule has 3 aromatic heterocycles. The highest BCUT2D eigenvalue weighted by Gasteiger charge is 2.26. The molecule has 0 aliphatic carbocycles. The first-order chi connectivity index (χ1) is 11.3. The molecule has 1 saturated heterocycles. The largest absolute Gasteiger partial charge is 0.346 e. The minimum Gasteiger partial charge on any atom is -0.346 e. The van der Waals surface area contributed by atoms with E-state index in [1.54, 1.807) is 7.05 Å². The lowest BCUT2D eigenvalue weighted by Crippen LogP contribution is -2.43. The van der Waals surface area contributed by atoms with Gasteiger partial charge in [-0.1, -0.05) is 0 Å². The van der Waals surface area contributed by atoms with Crippen LogP contribution in [0.15, 0.2) is 30.7 Å². The monoisotopic (exact) mass is 309 g/mol. The molecule has 0 aromatic carbocycles. The molecule has 1 aliphatic heterocycles. The second kappa shape index (κ2) is 5.53. The van der Waals surface area contributed by atoms with Gasteiger partial charge in [0.15, 0.2) is 0 Å². The Morgan fingerprint density at radius 2 is 2.30 bits per heavy atom. The van der Waals surface area contributed by atoms with Crippen molar-refractivity contribution in [3.63, 3.8) is 0 Å². The van der Waals surface area contributed by atoms with E-state index in [1.807, 2.05) is 29.6 Å². The highest BCUT2D eigenvalue weighted by atomic mass is 16.2. The molecular weight excluding hydrogens is 290 g/mol. The summed E-state index contributed by atoms with van der Waals surface area (Å²) in [4.78, 5) is 26.1. The van der Waals surface area contributed by atoms with Gasteiger partial charge in [-0.25, -0.2) is 9.78 Å². The van der Waals surface area contributed by atoms with Crippen molar-refractivity contribution in [2.24, 2.45) is 0 Å². The van der Waals surface area contributed by atoms with Crippen molar-refractivity contribution in [1.82, 2.24) is 25.2 Å². The normalized spacial score (nSPS) is 18.5. The second-order valence-electron chi connectivity index (χ2n) is 6.00. The molecule has 1 aliphatic rings. The number of hydrogen-bond donors (Lipinski definition) is 2. The highest BCUT2D eigenvalue weighted by Crippen LogP contribution is 2.33. The van der Waals surface area contributed by atoms with Crippen molar-refractivity contribution in [1.29, 1.82) is 0 Å². The maximum atomic E-state index is 12.0. The van der Waals surface area contributed by atoms with Crippen molar-refractivity contribution in [2.45, 2.75) is 18.8 Å². The van der Waals surface area contributed by atoms with Crippen molar-refractivity contribution in [3.05, 3.63) is 36.4 Å². The summed E-state index contributed by atoms with van der Waals surface area (Å²) >= 11 is 0. The minimum atomic E-state index is -0.0107. The summed E-state index contributed by atoms with van der Waals surface area (Å²) in [5, 5.41) is 6.07. The van der Waals surface area contributed by atoms with Crippen molar-refractivity contribution in [2.75, 3.05) is 20.1 Å². The molecule has 1 fully saturated rings. The molecule has 4 rings (SSSR count). The Bertz CT molecular complexity index is 872. The van der Waals surface area contributed by atoms with Crippen molar-refractivity contribution in [3.8, 4) is 0 Å². The number of fused-ring (bicyclic) bond motifs is 3. The predicted octanol–water partition coefficient (Wildman–Crippen LogP) is 2.63. The number of pyridine rings is 2. The van der Waals surface area contributed by atoms with Crippen molar-refractivity contribution < 1.29 is 4.79 Å². The maximum absolute atomic E-state index is 12.0. The molecule has 3 aromatic rings. The molecule has 4 heterocycles. The van der Waals surface area contributed by atoms with Crippen LogP contribution in [0.25, 0.3) is 21.8 Å². The van der Waals surface area contributed by atoms with E-state index >= 15 is 0 Å². The van der Waals surface area contributed by atoms with E-state index < -0.39 is 0 Å². The summed E-state index contributed by atoms with van der Waals surface area (Å²) in [6.07, 6.45) is 7.69. The van der Waals surface area contributed by atoms with Gasteiger partial charge < -0.3 is 15.2 Å². The van der Waals surface area contributed by atoms with Crippen LogP contribution in [0.5, 0.6) is 0 Å². The van der Waals surface area contributed by atoms with Gasteiger partial charge in [-0.3, -0.25) is 4.98 Å². The number of piperidine rings is 1. The van der Waals surface area contributed by atoms with Crippen LogP contribution in [0, 0.1) is 0 Å². The standard InChI is InChI=1S/C17H19N5O/c1-18-17(23)22-8-2-3-12(10-22)15-14-11(4-6-19-15)9-21-16-13(14)5-7-20-16/h4-7,9,12H,2-3,8,10H2,1H3,(H,18,23)(H,20,21). The Morgan fingerprint density at radius 1 is 1.39 bits per heavy atom. The molecule has 6 heteroatoms. The summed E-state index contributed by atoms with van der Waals surface area (Å²) in [6.45, 7) is 1.52. The molecule has 23 heavy (non-hydrogen) atoms. The molecule has 0 bridgehead atoms. The van der Waals surface area contributed by atoms with E-state index in [-0.39, 0.29) is 11.9 Å². The van der Waals surface area contributed by atoms with Crippen LogP contribution >= 0.6 is 0 Å². The van der Waals surface area contributed by atoms with Gasteiger partial charge in [0.25, 0.3) is 0 Å². The summed E-state index contributed by atoms with van der Waals surface area (Å²) < 4.78 is 0. The number of nitrogens with one attached hydrogen (secondary N) is 2. The molecule has 2 N–H and O–H groups in total. The zero-order chi connectivity index (χ0) is 15.8. The van der Waals surface area contributed by atoms with E-state index in [4.69, 9.17) is 0 Å². The molecule has 1 unspecified atom stereocenters. The Hall–Kier alpha value is -2.63. The maximum Gasteiger partial charge on any atom is 0.317 e. The van der Waals surface area contributed by atoms with Gasteiger partial charge in [-0.05, 0) is 25.0 Å². The van der Waals surface area contributed by atoms with Gasteiger partial charge in [-0.15, -0.1) is 0 Å². The van der Waals surface area contributed by atoms with Crippen LogP contribution in [0.1, 0.15) is 24.5 Å². The zero-order valence-corrected chi connectivity index (χ0v) is 13.0. The number of rotatable bonds is 1. The molecule has 0 spiro atoms. The first-order valence-corrected chi connectivity index (χ1v) is 7.95. The molecule has 0 radical (unpaired) electrons. The van der Waals surface area contributed by atoms with Crippen molar-refractivity contribution >= 4 is 27.8 Å². The smallest absolute Gasteiger partial charge is 0.317 e. The molecule has 118 valence electrons. The van der Waals surface area contributed by atoms with E-state index in [0.29, 0.717) is 6.54 Å². The number of nitrogens with zero attached hydrogens (tertiary/aromatic N) is 3. The van der Waals surface area contributed by atoms with Gasteiger partial charge in [0.1, 0.15) is 5.65 Å². The minimum absolute atomic E-state index is 0.0107. The van der Waals surface area contributed by atoms with Crippen LogP contribution in [-0.2, 0) is 0 Å². The molecular formula is C17H19N5O. The van der Waals surface area contributed by atoms with E-state index in [0.717, 1.165) is 46.9 Å². The Labute approximate surface area is 133 Å². The fraction of sp³-hybridized carbons (Fsp3) is 0.353. The quantitative estimate of drug-likeness (QED) is 0.725. The average Bonchev–Trinajstić information content (AvgIpc) is 3.09. The van der Waals surface area contributed by atoms with Crippen LogP contribution in [0.2, 0.25) is 0 Å². The van der Waals surface area contributed by atoms with Crippen LogP contribution in [0.4, 0.5) is 4.79 Å². The van der Waals surface area contributed by atoms with Crippen LogP contribution in [-0.4, -0.2) is 46.0 Å². The average molecular weight is 309 g/mol. The van der Waals surface area contributed by atoms with E-state index in [2.05, 4.69) is 26.3 Å². The predicted molar refractivity (Wildman–Crippen MR) is 89.4 cm³/mol. The third-order valence-corrected chi connectivity index (χ3v) is 4.65. The number of aromatic nitrogens is 3. The third kappa shape index (κ3) is 2.30. The molecule has 0 saturated carbocycles. The Kier molecular flexibility index (Phi) is 3.37. The number of amides is 2. The zero-order valence-electron chi connectivity index (χ0n) is 13.0. The van der Waals surface area contributed by atoms with Gasteiger partial charge in [-0.2, -0.15) is 0 Å². The summed E-state index contributed by atoms with van der Waals surface area (Å²) in [6, 6.07) is 4.04. The summed E-state index contributed by atoms with van der Waals surface area (Å²) in [5.41, 5.74) is 1.95. The lowest BCUT2D eigenvalue weighted by Gasteiger charge is -2.32. The number of urea groups is 1. The Morgan fingerprint density at radius 3 is 3.17 bits per heavy atom. The molecule has 1 atom stereocenters. The Balaban J connectivity index is 1.82. The number of carbonyl (C=O) groups excluding carboxylic acids is 1. The van der Waals surface area contributed by atoms with E-state index in [1.165, 1.54) is 0 Å². The second-order valence-corrected chi connectivity index (χ2v) is 6.00. The van der Waals surface area contributed by atoms with E-state index in [9.17, 15) is 4.79 Å².